The van der Waals surface area contributed by atoms with E-state index in [4.69, 9.17) is 0 Å². The Morgan fingerprint density at radius 2 is 2.17 bits per heavy atom. The molecule has 0 saturated carbocycles. The predicted molar refractivity (Wildman–Crippen MR) is 50.0 cm³/mol. The van der Waals surface area contributed by atoms with Crippen LogP contribution in [0.5, 0.6) is 0 Å². The molecule has 0 aliphatic heterocycles. The highest BCUT2D eigenvalue weighted by Gasteiger charge is 2.07. The van der Waals surface area contributed by atoms with Gasteiger partial charge in [0.05, 0.1) is 6.20 Å². The van der Waals surface area contributed by atoms with Gasteiger partial charge in [-0.2, -0.15) is 10.2 Å². The first-order valence-corrected chi connectivity index (χ1v) is 4.65. The number of rotatable bonds is 4. The number of hydrogen-bond donors (Lipinski definition) is 0. The summed E-state index contributed by atoms with van der Waals surface area (Å²) in [5.41, 5.74) is 1.33. The van der Waals surface area contributed by atoms with Crippen LogP contribution < -0.4 is 0 Å². The molecule has 1 aromatic rings. The average Bonchev–Trinajstić information content (AvgIpc) is 2.15. The quantitative estimate of drug-likeness (QED) is 0.683. The first kappa shape index (κ1) is 9.17. The van der Waals surface area contributed by atoms with Crippen LogP contribution in [0.1, 0.15) is 44.6 Å². The minimum atomic E-state index is 0.672. The molecule has 0 aliphatic carbocycles. The normalized spacial score (nSPS) is 12.8. The molecule has 0 bridgehead atoms. The van der Waals surface area contributed by atoms with Crippen LogP contribution in [0.4, 0.5) is 0 Å². The number of nitrogens with zero attached hydrogens (tertiary/aromatic N) is 2. The molecule has 0 amide bonds. The Labute approximate surface area is 74.0 Å². The van der Waals surface area contributed by atoms with Gasteiger partial charge in [0.25, 0.3) is 0 Å². The van der Waals surface area contributed by atoms with E-state index < -0.39 is 0 Å². The van der Waals surface area contributed by atoms with Gasteiger partial charge in [0.2, 0.25) is 0 Å². The van der Waals surface area contributed by atoms with Crippen molar-refractivity contribution in [2.45, 2.75) is 39.0 Å². The third kappa shape index (κ3) is 2.29. The maximum atomic E-state index is 3.89. The smallest absolute Gasteiger partial charge is 0.0531 e. The van der Waals surface area contributed by atoms with Gasteiger partial charge in [0.15, 0.2) is 0 Å². The van der Waals surface area contributed by atoms with E-state index in [0.29, 0.717) is 5.92 Å². The van der Waals surface area contributed by atoms with Crippen LogP contribution >= 0.6 is 0 Å². The minimum Gasteiger partial charge on any atom is -0.159 e. The zero-order chi connectivity index (χ0) is 8.81. The van der Waals surface area contributed by atoms with Crippen molar-refractivity contribution < 1.29 is 0 Å². The molecular formula is C10H16N2. The second kappa shape index (κ2) is 4.86. The monoisotopic (exact) mass is 164 g/mol. The van der Waals surface area contributed by atoms with Gasteiger partial charge in [0.1, 0.15) is 0 Å². The molecule has 0 N–H and O–H groups in total. The molecule has 1 rings (SSSR count). The Bertz CT molecular complexity index is 208. The van der Waals surface area contributed by atoms with Crippen molar-refractivity contribution in [3.8, 4) is 0 Å². The summed E-state index contributed by atoms with van der Waals surface area (Å²) >= 11 is 0. The summed E-state index contributed by atoms with van der Waals surface area (Å²) in [7, 11) is 0. The van der Waals surface area contributed by atoms with Crippen molar-refractivity contribution in [3.63, 3.8) is 0 Å². The molecule has 0 fully saturated rings. The van der Waals surface area contributed by atoms with Gasteiger partial charge in [-0.15, -0.1) is 0 Å². The molecule has 0 saturated heterocycles. The van der Waals surface area contributed by atoms with Gasteiger partial charge in [-0.3, -0.25) is 0 Å². The van der Waals surface area contributed by atoms with E-state index in [9.17, 15) is 0 Å². The summed E-state index contributed by atoms with van der Waals surface area (Å²) < 4.78 is 0. The third-order valence-electron chi connectivity index (χ3n) is 2.21. The molecule has 1 atom stereocenters. The second-order valence-electron chi connectivity index (χ2n) is 3.07. The summed E-state index contributed by atoms with van der Waals surface area (Å²) in [5.74, 6) is 0.672. The van der Waals surface area contributed by atoms with E-state index in [-0.39, 0.29) is 0 Å². The van der Waals surface area contributed by atoms with Crippen molar-refractivity contribution in [2.75, 3.05) is 0 Å². The molecule has 0 aromatic carbocycles. The molecule has 1 heterocycles. The fourth-order valence-electron chi connectivity index (χ4n) is 1.50. The molecule has 66 valence electrons. The maximum Gasteiger partial charge on any atom is 0.0531 e. The third-order valence-corrected chi connectivity index (χ3v) is 2.21. The standard InChI is InChI=1S/C10H16N2/c1-3-5-9(4-2)10-6-7-11-12-8-10/h6-9H,3-5H2,1-2H3. The topological polar surface area (TPSA) is 25.8 Å². The summed E-state index contributed by atoms with van der Waals surface area (Å²) in [6.45, 7) is 4.44. The van der Waals surface area contributed by atoms with E-state index in [1.54, 1.807) is 6.20 Å². The van der Waals surface area contributed by atoms with E-state index in [1.165, 1.54) is 24.8 Å². The van der Waals surface area contributed by atoms with E-state index >= 15 is 0 Å². The summed E-state index contributed by atoms with van der Waals surface area (Å²) in [4.78, 5) is 0. The maximum absolute atomic E-state index is 3.89. The second-order valence-corrected chi connectivity index (χ2v) is 3.07. The number of hydrogen-bond acceptors (Lipinski definition) is 2. The van der Waals surface area contributed by atoms with E-state index in [1.807, 2.05) is 6.20 Å². The largest absolute Gasteiger partial charge is 0.159 e. The molecule has 2 nitrogen and oxygen atoms in total. The van der Waals surface area contributed by atoms with Crippen LogP contribution in [0.2, 0.25) is 0 Å². The summed E-state index contributed by atoms with van der Waals surface area (Å²) in [6, 6.07) is 2.07. The Hall–Kier alpha value is -0.920. The van der Waals surface area contributed by atoms with E-state index in [0.717, 1.165) is 0 Å². The van der Waals surface area contributed by atoms with Crippen LogP contribution in [-0.2, 0) is 0 Å². The molecule has 0 spiro atoms. The van der Waals surface area contributed by atoms with Crippen LogP contribution in [0, 0.1) is 0 Å². The Balaban J connectivity index is 2.66. The Kier molecular flexibility index (Phi) is 3.71. The van der Waals surface area contributed by atoms with Crippen molar-refractivity contribution in [2.24, 2.45) is 0 Å². The fraction of sp³-hybridized carbons (Fsp3) is 0.600. The molecule has 0 radical (unpaired) electrons. The first-order valence-electron chi connectivity index (χ1n) is 4.65. The van der Waals surface area contributed by atoms with E-state index in [2.05, 4.69) is 30.1 Å². The first-order chi connectivity index (χ1) is 5.88. The zero-order valence-corrected chi connectivity index (χ0v) is 7.83. The fourth-order valence-corrected chi connectivity index (χ4v) is 1.50. The predicted octanol–water partition coefficient (Wildman–Crippen LogP) is 2.77. The van der Waals surface area contributed by atoms with Crippen LogP contribution in [-0.4, -0.2) is 10.2 Å². The SMILES string of the molecule is CCCC(CC)c1ccnnc1. The lowest BCUT2D eigenvalue weighted by Gasteiger charge is -2.12. The van der Waals surface area contributed by atoms with Crippen molar-refractivity contribution in [1.29, 1.82) is 0 Å². The van der Waals surface area contributed by atoms with Crippen molar-refractivity contribution in [3.05, 3.63) is 24.0 Å². The van der Waals surface area contributed by atoms with Crippen molar-refractivity contribution in [1.82, 2.24) is 10.2 Å². The lowest BCUT2D eigenvalue weighted by atomic mass is 9.94. The molecule has 2 heteroatoms. The minimum absolute atomic E-state index is 0.672. The van der Waals surface area contributed by atoms with Gasteiger partial charge in [0, 0.05) is 6.20 Å². The molecule has 1 unspecified atom stereocenters. The summed E-state index contributed by atoms with van der Waals surface area (Å²) in [6.07, 6.45) is 7.33. The van der Waals surface area contributed by atoms with Crippen molar-refractivity contribution >= 4 is 0 Å². The Morgan fingerprint density at radius 3 is 2.67 bits per heavy atom. The Morgan fingerprint density at radius 1 is 1.33 bits per heavy atom. The van der Waals surface area contributed by atoms with Gasteiger partial charge < -0.3 is 0 Å². The zero-order valence-electron chi connectivity index (χ0n) is 7.83. The van der Waals surface area contributed by atoms with Gasteiger partial charge in [-0.05, 0) is 30.4 Å². The summed E-state index contributed by atoms with van der Waals surface area (Å²) in [5, 5.41) is 7.66. The molecule has 0 aliphatic rings. The highest BCUT2D eigenvalue weighted by Crippen LogP contribution is 2.22. The average molecular weight is 164 g/mol. The lowest BCUT2D eigenvalue weighted by molar-refractivity contribution is 0.592. The highest BCUT2D eigenvalue weighted by molar-refractivity contribution is 5.11. The molecule has 12 heavy (non-hydrogen) atoms. The molecule has 1 aromatic heterocycles. The highest BCUT2D eigenvalue weighted by atomic mass is 15.1. The van der Waals surface area contributed by atoms with Gasteiger partial charge in [-0.25, -0.2) is 0 Å². The van der Waals surface area contributed by atoms with Crippen LogP contribution in [0.3, 0.4) is 0 Å². The molecular weight excluding hydrogens is 148 g/mol. The van der Waals surface area contributed by atoms with Gasteiger partial charge in [-0.1, -0.05) is 20.3 Å². The lowest BCUT2D eigenvalue weighted by Crippen LogP contribution is -1.97. The van der Waals surface area contributed by atoms with Gasteiger partial charge >= 0.3 is 0 Å². The van der Waals surface area contributed by atoms with Crippen LogP contribution in [0.15, 0.2) is 18.5 Å². The number of aromatic nitrogens is 2. The van der Waals surface area contributed by atoms with Crippen LogP contribution in [0.25, 0.3) is 0 Å².